The lowest BCUT2D eigenvalue weighted by Crippen LogP contribution is -2.01. The Hall–Kier alpha value is -0.770. The Balaban J connectivity index is 2.43. The van der Waals surface area contributed by atoms with E-state index in [0.717, 1.165) is 23.6 Å². The SMILES string of the molecule is CCSc1nc(N)nc2c1CCC2. The fourth-order valence-electron chi connectivity index (χ4n) is 1.67. The Morgan fingerprint density at radius 2 is 2.23 bits per heavy atom. The quantitative estimate of drug-likeness (QED) is 0.576. The van der Waals surface area contributed by atoms with E-state index in [-0.39, 0.29) is 0 Å². The third-order valence-corrected chi connectivity index (χ3v) is 3.09. The molecule has 4 heteroatoms. The van der Waals surface area contributed by atoms with Crippen LogP contribution in [0.1, 0.15) is 24.6 Å². The van der Waals surface area contributed by atoms with Crippen LogP contribution in [-0.4, -0.2) is 15.7 Å². The number of nitrogens with two attached hydrogens (primary N) is 1. The Kier molecular flexibility index (Phi) is 2.40. The van der Waals surface area contributed by atoms with Gasteiger partial charge in [0.15, 0.2) is 0 Å². The molecule has 0 saturated heterocycles. The van der Waals surface area contributed by atoms with Gasteiger partial charge in [-0.15, -0.1) is 11.8 Å². The van der Waals surface area contributed by atoms with Gasteiger partial charge in [-0.25, -0.2) is 9.97 Å². The van der Waals surface area contributed by atoms with Gasteiger partial charge in [0.05, 0.1) is 5.69 Å². The van der Waals surface area contributed by atoms with Crippen molar-refractivity contribution in [2.75, 3.05) is 11.5 Å². The van der Waals surface area contributed by atoms with Gasteiger partial charge in [0.1, 0.15) is 5.03 Å². The number of nitrogen functional groups attached to an aromatic ring is 1. The van der Waals surface area contributed by atoms with E-state index in [1.165, 1.54) is 17.7 Å². The van der Waals surface area contributed by atoms with Gasteiger partial charge >= 0.3 is 0 Å². The first-order valence-corrected chi connectivity index (χ1v) is 5.58. The minimum absolute atomic E-state index is 0.427. The maximum absolute atomic E-state index is 5.63. The van der Waals surface area contributed by atoms with Crippen molar-refractivity contribution in [2.45, 2.75) is 31.2 Å². The fourth-order valence-corrected chi connectivity index (χ4v) is 2.50. The average Bonchev–Trinajstić information content (AvgIpc) is 2.52. The standard InChI is InChI=1S/C9H13N3S/c1-2-13-8-6-4-3-5-7(6)11-9(10)12-8/h2-5H2,1H3,(H2,10,11,12). The van der Waals surface area contributed by atoms with Gasteiger partial charge in [-0.2, -0.15) is 0 Å². The van der Waals surface area contributed by atoms with Gasteiger partial charge in [0.25, 0.3) is 0 Å². The lowest BCUT2D eigenvalue weighted by Gasteiger charge is -2.05. The van der Waals surface area contributed by atoms with Gasteiger partial charge in [-0.1, -0.05) is 6.92 Å². The molecule has 1 aliphatic carbocycles. The molecule has 0 saturated carbocycles. The Morgan fingerprint density at radius 3 is 3.00 bits per heavy atom. The van der Waals surface area contributed by atoms with E-state index in [2.05, 4.69) is 16.9 Å². The van der Waals surface area contributed by atoms with Gasteiger partial charge < -0.3 is 5.73 Å². The summed E-state index contributed by atoms with van der Waals surface area (Å²) in [4.78, 5) is 8.51. The smallest absolute Gasteiger partial charge is 0.221 e. The highest BCUT2D eigenvalue weighted by atomic mass is 32.2. The van der Waals surface area contributed by atoms with Crippen molar-refractivity contribution in [3.05, 3.63) is 11.3 Å². The average molecular weight is 195 g/mol. The molecule has 70 valence electrons. The van der Waals surface area contributed by atoms with Gasteiger partial charge in [0.2, 0.25) is 5.95 Å². The molecule has 1 aromatic heterocycles. The van der Waals surface area contributed by atoms with Crippen molar-refractivity contribution >= 4 is 17.7 Å². The van der Waals surface area contributed by atoms with Crippen LogP contribution in [0.15, 0.2) is 5.03 Å². The molecule has 0 atom stereocenters. The molecule has 0 unspecified atom stereocenters. The van der Waals surface area contributed by atoms with Crippen LogP contribution < -0.4 is 5.73 Å². The minimum Gasteiger partial charge on any atom is -0.368 e. The van der Waals surface area contributed by atoms with Crippen molar-refractivity contribution < 1.29 is 0 Å². The lowest BCUT2D eigenvalue weighted by atomic mass is 10.3. The predicted molar refractivity (Wildman–Crippen MR) is 54.9 cm³/mol. The van der Waals surface area contributed by atoms with E-state index >= 15 is 0 Å². The molecule has 0 aliphatic heterocycles. The normalized spacial score (nSPS) is 14.5. The van der Waals surface area contributed by atoms with Crippen molar-refractivity contribution in [1.82, 2.24) is 9.97 Å². The number of aryl methyl sites for hydroxylation is 1. The molecule has 0 spiro atoms. The maximum Gasteiger partial charge on any atom is 0.221 e. The first-order chi connectivity index (χ1) is 6.31. The van der Waals surface area contributed by atoms with E-state index in [0.29, 0.717) is 5.95 Å². The zero-order valence-electron chi connectivity index (χ0n) is 7.71. The highest BCUT2D eigenvalue weighted by Crippen LogP contribution is 2.29. The van der Waals surface area contributed by atoms with Gasteiger partial charge in [-0.3, -0.25) is 0 Å². The molecule has 1 aliphatic rings. The fraction of sp³-hybridized carbons (Fsp3) is 0.556. The predicted octanol–water partition coefficient (Wildman–Crippen LogP) is 1.66. The number of fused-ring (bicyclic) bond motifs is 1. The second-order valence-corrected chi connectivity index (χ2v) is 4.35. The first-order valence-electron chi connectivity index (χ1n) is 4.59. The molecule has 2 rings (SSSR count). The summed E-state index contributed by atoms with van der Waals surface area (Å²) >= 11 is 1.76. The van der Waals surface area contributed by atoms with Crippen LogP contribution in [0.5, 0.6) is 0 Å². The molecular weight excluding hydrogens is 182 g/mol. The van der Waals surface area contributed by atoms with Crippen molar-refractivity contribution in [3.8, 4) is 0 Å². The van der Waals surface area contributed by atoms with Gasteiger partial charge in [0, 0.05) is 5.56 Å². The summed E-state index contributed by atoms with van der Waals surface area (Å²) in [6.07, 6.45) is 3.39. The third-order valence-electron chi connectivity index (χ3n) is 2.19. The highest BCUT2D eigenvalue weighted by Gasteiger charge is 2.18. The summed E-state index contributed by atoms with van der Waals surface area (Å²) in [7, 11) is 0. The van der Waals surface area contributed by atoms with E-state index in [4.69, 9.17) is 5.73 Å². The summed E-state index contributed by atoms with van der Waals surface area (Å²) in [5.41, 5.74) is 8.13. The topological polar surface area (TPSA) is 51.8 Å². The van der Waals surface area contributed by atoms with E-state index in [9.17, 15) is 0 Å². The van der Waals surface area contributed by atoms with Crippen LogP contribution in [0, 0.1) is 0 Å². The molecular formula is C9H13N3S. The molecule has 13 heavy (non-hydrogen) atoms. The number of hydrogen-bond donors (Lipinski definition) is 1. The summed E-state index contributed by atoms with van der Waals surface area (Å²) < 4.78 is 0. The molecule has 0 fully saturated rings. The zero-order valence-corrected chi connectivity index (χ0v) is 8.52. The monoisotopic (exact) mass is 195 g/mol. The summed E-state index contributed by atoms with van der Waals surface area (Å²) in [6.45, 7) is 2.13. The molecule has 0 amide bonds. The Morgan fingerprint density at radius 1 is 1.38 bits per heavy atom. The zero-order chi connectivity index (χ0) is 9.26. The first kappa shape index (κ1) is 8.81. The number of rotatable bonds is 2. The molecule has 0 aromatic carbocycles. The van der Waals surface area contributed by atoms with Crippen LogP contribution in [0.25, 0.3) is 0 Å². The number of nitrogens with zero attached hydrogens (tertiary/aromatic N) is 2. The maximum atomic E-state index is 5.63. The number of hydrogen-bond acceptors (Lipinski definition) is 4. The molecule has 2 N–H and O–H groups in total. The second kappa shape index (κ2) is 3.54. The molecule has 1 heterocycles. The highest BCUT2D eigenvalue weighted by molar-refractivity contribution is 7.99. The second-order valence-electron chi connectivity index (χ2n) is 3.10. The number of anilines is 1. The van der Waals surface area contributed by atoms with Crippen LogP contribution in [0.4, 0.5) is 5.95 Å². The van der Waals surface area contributed by atoms with Crippen LogP contribution in [0.2, 0.25) is 0 Å². The minimum atomic E-state index is 0.427. The third kappa shape index (κ3) is 1.63. The molecule has 0 radical (unpaired) electrons. The molecule has 3 nitrogen and oxygen atoms in total. The largest absolute Gasteiger partial charge is 0.368 e. The van der Waals surface area contributed by atoms with Crippen molar-refractivity contribution in [2.24, 2.45) is 0 Å². The van der Waals surface area contributed by atoms with Gasteiger partial charge in [-0.05, 0) is 25.0 Å². The van der Waals surface area contributed by atoms with E-state index in [1.54, 1.807) is 11.8 Å². The lowest BCUT2D eigenvalue weighted by molar-refractivity contribution is 0.896. The number of aromatic nitrogens is 2. The van der Waals surface area contributed by atoms with Crippen LogP contribution >= 0.6 is 11.8 Å². The summed E-state index contributed by atoms with van der Waals surface area (Å²) in [5, 5.41) is 1.10. The van der Waals surface area contributed by atoms with Crippen LogP contribution in [-0.2, 0) is 12.8 Å². The van der Waals surface area contributed by atoms with Crippen molar-refractivity contribution in [3.63, 3.8) is 0 Å². The molecule has 1 aromatic rings. The van der Waals surface area contributed by atoms with Crippen LogP contribution in [0.3, 0.4) is 0 Å². The molecule has 0 bridgehead atoms. The Bertz CT molecular complexity index is 325. The number of thioether (sulfide) groups is 1. The van der Waals surface area contributed by atoms with E-state index < -0.39 is 0 Å². The van der Waals surface area contributed by atoms with E-state index in [1.807, 2.05) is 0 Å². The summed E-state index contributed by atoms with van der Waals surface area (Å²) in [6, 6.07) is 0. The summed E-state index contributed by atoms with van der Waals surface area (Å²) in [5.74, 6) is 1.47. The van der Waals surface area contributed by atoms with Crippen molar-refractivity contribution in [1.29, 1.82) is 0 Å². The Labute approximate surface area is 82.2 Å².